The number of halogens is 1. The normalized spacial score (nSPS) is 12.1. The van der Waals surface area contributed by atoms with E-state index in [1.807, 2.05) is 20.8 Å². The van der Waals surface area contributed by atoms with Gasteiger partial charge in [-0.1, -0.05) is 67.4 Å². The topological polar surface area (TPSA) is 96.0 Å². The molecule has 1 N–H and O–H groups in total. The van der Waals surface area contributed by atoms with Gasteiger partial charge in [0.15, 0.2) is 0 Å². The minimum Gasteiger partial charge on any atom is -0.497 e. The summed E-state index contributed by atoms with van der Waals surface area (Å²) in [6.45, 7) is 7.41. The maximum Gasteiger partial charge on any atom is 0.264 e. The number of methoxy groups -OCH3 is 1. The Hall–Kier alpha value is -3.56. The zero-order valence-electron chi connectivity index (χ0n) is 23.4. The van der Waals surface area contributed by atoms with Gasteiger partial charge in [-0.3, -0.25) is 13.9 Å². The quantitative estimate of drug-likeness (QED) is 0.321. The van der Waals surface area contributed by atoms with E-state index in [1.165, 1.54) is 17.0 Å². The van der Waals surface area contributed by atoms with Gasteiger partial charge in [-0.15, -0.1) is 0 Å². The first kappa shape index (κ1) is 31.0. The monoisotopic (exact) mass is 585 g/mol. The van der Waals surface area contributed by atoms with E-state index in [9.17, 15) is 18.0 Å². The van der Waals surface area contributed by atoms with Crippen LogP contribution in [0.3, 0.4) is 0 Å². The van der Waals surface area contributed by atoms with Crippen LogP contribution >= 0.6 is 11.6 Å². The molecular formula is C30H36ClN3O5S. The Labute approximate surface area is 241 Å². The molecular weight excluding hydrogens is 550 g/mol. The lowest BCUT2D eigenvalue weighted by molar-refractivity contribution is -0.139. The highest BCUT2D eigenvalue weighted by Crippen LogP contribution is 2.31. The molecule has 0 heterocycles. The maximum absolute atomic E-state index is 14.0. The number of sulfonamides is 1. The van der Waals surface area contributed by atoms with Crippen LogP contribution in [0.1, 0.15) is 31.9 Å². The molecule has 0 spiro atoms. The number of hydrogen-bond donors (Lipinski definition) is 1. The van der Waals surface area contributed by atoms with Crippen molar-refractivity contribution < 1.29 is 22.7 Å². The molecule has 3 rings (SSSR count). The van der Waals surface area contributed by atoms with Crippen LogP contribution in [0.25, 0.3) is 0 Å². The van der Waals surface area contributed by atoms with Crippen molar-refractivity contribution in [2.24, 2.45) is 5.92 Å². The molecule has 3 aromatic rings. The lowest BCUT2D eigenvalue weighted by Gasteiger charge is -2.32. The van der Waals surface area contributed by atoms with Crippen molar-refractivity contribution in [2.45, 2.75) is 45.2 Å². The molecule has 0 fully saturated rings. The van der Waals surface area contributed by atoms with Crippen molar-refractivity contribution in [3.8, 4) is 5.75 Å². The van der Waals surface area contributed by atoms with Crippen LogP contribution in [0, 0.1) is 12.8 Å². The molecule has 0 saturated carbocycles. The minimum atomic E-state index is -4.19. The Morgan fingerprint density at radius 2 is 1.57 bits per heavy atom. The lowest BCUT2D eigenvalue weighted by atomic mass is 10.1. The molecule has 0 radical (unpaired) electrons. The molecule has 8 nitrogen and oxygen atoms in total. The third kappa shape index (κ3) is 7.76. The van der Waals surface area contributed by atoms with Crippen molar-refractivity contribution >= 4 is 39.1 Å². The largest absolute Gasteiger partial charge is 0.497 e. The second kappa shape index (κ2) is 13.7. The van der Waals surface area contributed by atoms with Gasteiger partial charge in [-0.05, 0) is 61.7 Å². The van der Waals surface area contributed by atoms with Crippen LogP contribution < -0.4 is 14.4 Å². The summed E-state index contributed by atoms with van der Waals surface area (Å²) in [4.78, 5) is 28.4. The first-order chi connectivity index (χ1) is 18.9. The van der Waals surface area contributed by atoms with Gasteiger partial charge >= 0.3 is 0 Å². The van der Waals surface area contributed by atoms with Gasteiger partial charge in [0, 0.05) is 13.1 Å². The highest BCUT2D eigenvalue weighted by atomic mass is 35.5. The van der Waals surface area contributed by atoms with Gasteiger partial charge < -0.3 is 15.0 Å². The fourth-order valence-corrected chi connectivity index (χ4v) is 5.69. The number of carbonyl (C=O) groups is 2. The molecule has 40 heavy (non-hydrogen) atoms. The number of nitrogens with one attached hydrogen (secondary N) is 1. The Morgan fingerprint density at radius 1 is 0.950 bits per heavy atom. The second-order valence-electron chi connectivity index (χ2n) is 9.96. The molecule has 214 valence electrons. The van der Waals surface area contributed by atoms with E-state index in [2.05, 4.69) is 5.32 Å². The predicted molar refractivity (Wildman–Crippen MR) is 158 cm³/mol. The van der Waals surface area contributed by atoms with E-state index < -0.39 is 28.5 Å². The number of aryl methyl sites for hydroxylation is 1. The van der Waals surface area contributed by atoms with Crippen molar-refractivity contribution in [2.75, 3.05) is 24.5 Å². The number of ether oxygens (including phenoxy) is 1. The molecule has 3 aromatic carbocycles. The molecule has 10 heteroatoms. The third-order valence-electron chi connectivity index (χ3n) is 6.37. The van der Waals surface area contributed by atoms with E-state index in [0.717, 1.165) is 15.4 Å². The molecule has 0 bridgehead atoms. The Balaban J connectivity index is 2.01. The Bertz CT molecular complexity index is 1410. The number of carbonyl (C=O) groups excluding carboxylic acids is 2. The van der Waals surface area contributed by atoms with Crippen molar-refractivity contribution in [3.05, 3.63) is 88.9 Å². The predicted octanol–water partition coefficient (Wildman–Crippen LogP) is 5.04. The standard InChI is InChI=1S/C30H36ClN3O5S/c1-21(2)18-32-30(36)23(4)33(19-24-12-14-25(39-5)15-13-24)29(35)20-34(28-9-7-6-8-27(28)31)40(37,38)26-16-10-22(3)11-17-26/h6-17,21,23H,18-20H2,1-5H3,(H,32,36)/t23-/m0/s1. The molecule has 0 aliphatic heterocycles. The van der Waals surface area contributed by atoms with Gasteiger partial charge in [-0.25, -0.2) is 8.42 Å². The van der Waals surface area contributed by atoms with Crippen LogP contribution in [0.2, 0.25) is 5.02 Å². The second-order valence-corrected chi connectivity index (χ2v) is 12.2. The molecule has 0 saturated heterocycles. The minimum absolute atomic E-state index is 0.0234. The highest BCUT2D eigenvalue weighted by Gasteiger charge is 2.33. The molecule has 0 aliphatic carbocycles. The SMILES string of the molecule is COc1ccc(CN(C(=O)CN(c2ccccc2Cl)S(=O)(=O)c2ccc(C)cc2)[C@@H](C)C(=O)NCC(C)C)cc1. The van der Waals surface area contributed by atoms with Crippen molar-refractivity contribution in [3.63, 3.8) is 0 Å². The van der Waals surface area contributed by atoms with Crippen LogP contribution in [0.4, 0.5) is 5.69 Å². The zero-order chi connectivity index (χ0) is 29.4. The number of para-hydroxylation sites is 1. The van der Waals surface area contributed by atoms with Gasteiger partial charge in [0.05, 0.1) is 22.7 Å². The van der Waals surface area contributed by atoms with Gasteiger partial charge in [0.25, 0.3) is 10.0 Å². The summed E-state index contributed by atoms with van der Waals surface area (Å²) in [5.41, 5.74) is 1.81. The third-order valence-corrected chi connectivity index (χ3v) is 8.47. The van der Waals surface area contributed by atoms with E-state index in [0.29, 0.717) is 12.3 Å². The summed E-state index contributed by atoms with van der Waals surface area (Å²) in [6.07, 6.45) is 0. The number of amides is 2. The average Bonchev–Trinajstić information content (AvgIpc) is 2.93. The summed E-state index contributed by atoms with van der Waals surface area (Å²) in [5.74, 6) is -0.0180. The fraction of sp³-hybridized carbons (Fsp3) is 0.333. The first-order valence-corrected chi connectivity index (χ1v) is 14.8. The maximum atomic E-state index is 14.0. The van der Waals surface area contributed by atoms with Crippen LogP contribution in [0.5, 0.6) is 5.75 Å². The average molecular weight is 586 g/mol. The van der Waals surface area contributed by atoms with Crippen LogP contribution in [-0.4, -0.2) is 51.4 Å². The molecule has 2 amide bonds. The van der Waals surface area contributed by atoms with E-state index in [-0.39, 0.29) is 34.0 Å². The summed E-state index contributed by atoms with van der Waals surface area (Å²) in [7, 11) is -2.63. The van der Waals surface area contributed by atoms with Gasteiger partial charge in [-0.2, -0.15) is 0 Å². The van der Waals surface area contributed by atoms with Crippen molar-refractivity contribution in [1.82, 2.24) is 10.2 Å². The number of nitrogens with zero attached hydrogens (tertiary/aromatic N) is 2. The van der Waals surface area contributed by atoms with Crippen molar-refractivity contribution in [1.29, 1.82) is 0 Å². The summed E-state index contributed by atoms with van der Waals surface area (Å²) < 4.78 is 34.0. The first-order valence-electron chi connectivity index (χ1n) is 13.0. The Kier molecular flexibility index (Phi) is 10.6. The molecule has 0 unspecified atom stereocenters. The van der Waals surface area contributed by atoms with E-state index in [4.69, 9.17) is 16.3 Å². The summed E-state index contributed by atoms with van der Waals surface area (Å²) >= 11 is 6.44. The number of rotatable bonds is 12. The Morgan fingerprint density at radius 3 is 2.15 bits per heavy atom. The molecule has 0 aliphatic rings. The summed E-state index contributed by atoms with van der Waals surface area (Å²) in [5, 5.41) is 3.05. The van der Waals surface area contributed by atoms with Crippen LogP contribution in [-0.2, 0) is 26.2 Å². The molecule has 1 atom stereocenters. The number of benzene rings is 3. The molecule has 0 aromatic heterocycles. The van der Waals surface area contributed by atoms with E-state index in [1.54, 1.807) is 74.7 Å². The lowest BCUT2D eigenvalue weighted by Crippen LogP contribution is -2.51. The summed E-state index contributed by atoms with van der Waals surface area (Å²) in [6, 6.07) is 19.1. The fourth-order valence-electron chi connectivity index (χ4n) is 3.97. The van der Waals surface area contributed by atoms with Gasteiger partial charge in [0.2, 0.25) is 11.8 Å². The van der Waals surface area contributed by atoms with Crippen LogP contribution in [0.15, 0.2) is 77.7 Å². The highest BCUT2D eigenvalue weighted by molar-refractivity contribution is 7.92. The van der Waals surface area contributed by atoms with E-state index >= 15 is 0 Å². The zero-order valence-corrected chi connectivity index (χ0v) is 25.0. The number of anilines is 1. The number of hydrogen-bond acceptors (Lipinski definition) is 5. The smallest absolute Gasteiger partial charge is 0.264 e. The van der Waals surface area contributed by atoms with Gasteiger partial charge in [0.1, 0.15) is 18.3 Å².